The van der Waals surface area contributed by atoms with Gasteiger partial charge in [0, 0.05) is 34.4 Å². The molecule has 0 radical (unpaired) electrons. The van der Waals surface area contributed by atoms with E-state index in [4.69, 9.17) is 0 Å². The summed E-state index contributed by atoms with van der Waals surface area (Å²) in [5.41, 5.74) is 3.58. The lowest BCUT2D eigenvalue weighted by Gasteiger charge is -2.13. The number of amides is 1. The fraction of sp³-hybridized carbons (Fsp3) is 0.400. The zero-order chi connectivity index (χ0) is 11.4. The standard InChI is InChI=1S/C10H16N4O/c1-13(2)10(15)8-5-6-9(11-7-8)12-14(3)4/h5-7H,1-4H3,(H,11,12). The second-order valence-corrected chi connectivity index (χ2v) is 3.64. The maximum Gasteiger partial charge on any atom is 0.254 e. The topological polar surface area (TPSA) is 48.5 Å². The Kier molecular flexibility index (Phi) is 3.62. The number of carbonyl (C=O) groups excluding carboxylic acids is 1. The monoisotopic (exact) mass is 208 g/mol. The van der Waals surface area contributed by atoms with Crippen molar-refractivity contribution in [1.82, 2.24) is 14.9 Å². The SMILES string of the molecule is CN(C)Nc1ccc(C(=O)N(C)C)cn1. The average molecular weight is 208 g/mol. The Labute approximate surface area is 89.7 Å². The summed E-state index contributed by atoms with van der Waals surface area (Å²) in [7, 11) is 7.18. The van der Waals surface area contributed by atoms with E-state index in [1.54, 1.807) is 37.4 Å². The molecule has 0 saturated heterocycles. The Bertz CT molecular complexity index is 332. The van der Waals surface area contributed by atoms with Crippen LogP contribution in [0.2, 0.25) is 0 Å². The summed E-state index contributed by atoms with van der Waals surface area (Å²) in [5, 5.41) is 1.79. The minimum atomic E-state index is -0.0427. The molecule has 5 heteroatoms. The molecule has 1 aromatic heterocycles. The van der Waals surface area contributed by atoms with Gasteiger partial charge in [-0.15, -0.1) is 0 Å². The highest BCUT2D eigenvalue weighted by Gasteiger charge is 2.07. The highest BCUT2D eigenvalue weighted by atomic mass is 16.2. The van der Waals surface area contributed by atoms with Gasteiger partial charge in [0.05, 0.1) is 5.56 Å². The van der Waals surface area contributed by atoms with Crippen LogP contribution in [0.3, 0.4) is 0 Å². The lowest BCUT2D eigenvalue weighted by atomic mass is 10.2. The molecule has 0 bridgehead atoms. The molecule has 5 nitrogen and oxygen atoms in total. The van der Waals surface area contributed by atoms with Gasteiger partial charge in [0.15, 0.2) is 0 Å². The predicted octanol–water partition coefficient (Wildman–Crippen LogP) is 0.672. The zero-order valence-corrected chi connectivity index (χ0v) is 9.48. The van der Waals surface area contributed by atoms with Crippen LogP contribution in [0.15, 0.2) is 18.3 Å². The second kappa shape index (κ2) is 4.75. The Balaban J connectivity index is 2.76. The first kappa shape index (κ1) is 11.5. The van der Waals surface area contributed by atoms with Crippen LogP contribution >= 0.6 is 0 Å². The van der Waals surface area contributed by atoms with Gasteiger partial charge in [-0.3, -0.25) is 4.79 Å². The van der Waals surface area contributed by atoms with Gasteiger partial charge in [0.1, 0.15) is 5.82 Å². The third-order valence-corrected chi connectivity index (χ3v) is 1.75. The van der Waals surface area contributed by atoms with Gasteiger partial charge >= 0.3 is 0 Å². The molecule has 15 heavy (non-hydrogen) atoms. The van der Waals surface area contributed by atoms with E-state index in [0.29, 0.717) is 5.56 Å². The second-order valence-electron chi connectivity index (χ2n) is 3.64. The largest absolute Gasteiger partial charge is 0.345 e. The molecule has 0 saturated carbocycles. The van der Waals surface area contributed by atoms with Crippen molar-refractivity contribution in [2.45, 2.75) is 0 Å². The first-order valence-corrected chi connectivity index (χ1v) is 4.62. The summed E-state index contributed by atoms with van der Waals surface area (Å²) in [4.78, 5) is 17.2. The van der Waals surface area contributed by atoms with Gasteiger partial charge in [-0.2, -0.15) is 0 Å². The van der Waals surface area contributed by atoms with E-state index in [-0.39, 0.29) is 5.91 Å². The summed E-state index contributed by atoms with van der Waals surface area (Å²) in [6.45, 7) is 0. The number of hydrogen-bond acceptors (Lipinski definition) is 4. The van der Waals surface area contributed by atoms with Crippen LogP contribution in [0.25, 0.3) is 0 Å². The quantitative estimate of drug-likeness (QED) is 0.742. The first-order valence-electron chi connectivity index (χ1n) is 4.62. The molecule has 82 valence electrons. The van der Waals surface area contributed by atoms with E-state index < -0.39 is 0 Å². The Morgan fingerprint density at radius 3 is 2.33 bits per heavy atom. The number of hydrogen-bond donors (Lipinski definition) is 1. The van der Waals surface area contributed by atoms with Crippen molar-refractivity contribution < 1.29 is 4.79 Å². The maximum atomic E-state index is 11.5. The average Bonchev–Trinajstić information content (AvgIpc) is 2.17. The van der Waals surface area contributed by atoms with Crippen LogP contribution in [0.1, 0.15) is 10.4 Å². The molecule has 0 unspecified atom stereocenters. The summed E-state index contributed by atoms with van der Waals surface area (Å²) in [6, 6.07) is 3.53. The van der Waals surface area contributed by atoms with Gasteiger partial charge in [-0.05, 0) is 12.1 Å². The maximum absolute atomic E-state index is 11.5. The molecule has 0 spiro atoms. The molecular weight excluding hydrogens is 192 g/mol. The fourth-order valence-electron chi connectivity index (χ4n) is 1.07. The van der Waals surface area contributed by atoms with E-state index in [0.717, 1.165) is 5.82 Å². The molecule has 1 heterocycles. The normalized spacial score (nSPS) is 10.2. The number of anilines is 1. The van der Waals surface area contributed by atoms with E-state index in [1.165, 1.54) is 4.90 Å². The molecule has 0 fully saturated rings. The van der Waals surface area contributed by atoms with Crippen molar-refractivity contribution in [3.05, 3.63) is 23.9 Å². The number of nitrogens with zero attached hydrogens (tertiary/aromatic N) is 3. The lowest BCUT2D eigenvalue weighted by molar-refractivity contribution is 0.0827. The number of pyridine rings is 1. The molecule has 1 amide bonds. The summed E-state index contributed by atoms with van der Waals surface area (Å²) >= 11 is 0. The summed E-state index contributed by atoms with van der Waals surface area (Å²) in [6.07, 6.45) is 1.56. The van der Waals surface area contributed by atoms with Crippen LogP contribution in [-0.4, -0.2) is 49.0 Å². The van der Waals surface area contributed by atoms with Crippen molar-refractivity contribution >= 4 is 11.7 Å². The third kappa shape index (κ3) is 3.21. The molecule has 0 aliphatic rings. The van der Waals surface area contributed by atoms with Crippen LogP contribution in [0, 0.1) is 0 Å². The summed E-state index contributed by atoms with van der Waals surface area (Å²) in [5.74, 6) is 0.675. The number of carbonyl (C=O) groups is 1. The molecule has 1 rings (SSSR count). The van der Waals surface area contributed by atoms with Crippen molar-refractivity contribution in [1.29, 1.82) is 0 Å². The Morgan fingerprint density at radius 1 is 1.27 bits per heavy atom. The Morgan fingerprint density at radius 2 is 1.93 bits per heavy atom. The van der Waals surface area contributed by atoms with Gasteiger partial charge in [-0.1, -0.05) is 0 Å². The van der Waals surface area contributed by atoms with Gasteiger partial charge < -0.3 is 10.3 Å². The van der Waals surface area contributed by atoms with Crippen LogP contribution in [-0.2, 0) is 0 Å². The predicted molar refractivity (Wildman–Crippen MR) is 59.6 cm³/mol. The van der Waals surface area contributed by atoms with Crippen LogP contribution < -0.4 is 5.43 Å². The number of rotatable bonds is 3. The molecule has 0 aliphatic heterocycles. The number of hydrazine groups is 1. The number of nitrogens with one attached hydrogen (secondary N) is 1. The highest BCUT2D eigenvalue weighted by molar-refractivity contribution is 5.93. The van der Waals surface area contributed by atoms with Gasteiger partial charge in [0.25, 0.3) is 5.91 Å². The molecular formula is C10H16N4O. The molecule has 1 aromatic rings. The highest BCUT2D eigenvalue weighted by Crippen LogP contribution is 2.06. The molecule has 0 atom stereocenters. The molecule has 1 N–H and O–H groups in total. The number of aromatic nitrogens is 1. The van der Waals surface area contributed by atoms with Crippen LogP contribution in [0.5, 0.6) is 0 Å². The van der Waals surface area contributed by atoms with Gasteiger partial charge in [0.2, 0.25) is 0 Å². The van der Waals surface area contributed by atoms with E-state index >= 15 is 0 Å². The van der Waals surface area contributed by atoms with E-state index in [2.05, 4.69) is 10.4 Å². The molecule has 0 aliphatic carbocycles. The minimum Gasteiger partial charge on any atom is -0.345 e. The third-order valence-electron chi connectivity index (χ3n) is 1.75. The minimum absolute atomic E-state index is 0.0427. The smallest absolute Gasteiger partial charge is 0.254 e. The van der Waals surface area contributed by atoms with Crippen LogP contribution in [0.4, 0.5) is 5.82 Å². The van der Waals surface area contributed by atoms with Crippen molar-refractivity contribution in [3.63, 3.8) is 0 Å². The molecule has 0 aromatic carbocycles. The summed E-state index contributed by atoms with van der Waals surface area (Å²) < 4.78 is 0. The lowest BCUT2D eigenvalue weighted by Crippen LogP contribution is -2.23. The zero-order valence-electron chi connectivity index (χ0n) is 9.48. The van der Waals surface area contributed by atoms with Crippen molar-refractivity contribution in [3.8, 4) is 0 Å². The van der Waals surface area contributed by atoms with E-state index in [1.807, 2.05) is 14.1 Å². The van der Waals surface area contributed by atoms with Crippen molar-refractivity contribution in [2.75, 3.05) is 33.6 Å². The van der Waals surface area contributed by atoms with E-state index in [9.17, 15) is 4.79 Å². The first-order chi connectivity index (χ1) is 7.00. The van der Waals surface area contributed by atoms with Crippen molar-refractivity contribution in [2.24, 2.45) is 0 Å². The fourth-order valence-corrected chi connectivity index (χ4v) is 1.07. The Hall–Kier alpha value is -1.62. The van der Waals surface area contributed by atoms with Gasteiger partial charge in [-0.25, -0.2) is 9.99 Å².